The van der Waals surface area contributed by atoms with Gasteiger partial charge in [-0.05, 0) is 29.8 Å². The van der Waals surface area contributed by atoms with Crippen molar-refractivity contribution in [2.45, 2.75) is 16.1 Å². The van der Waals surface area contributed by atoms with Gasteiger partial charge in [-0.3, -0.25) is 0 Å². The topological polar surface area (TPSA) is 69.4 Å². The van der Waals surface area contributed by atoms with E-state index in [9.17, 15) is 8.42 Å². The summed E-state index contributed by atoms with van der Waals surface area (Å²) in [5.41, 5.74) is 6.41. The molecule has 2 N–H and O–H groups in total. The van der Waals surface area contributed by atoms with Crippen LogP contribution >= 0.6 is 15.9 Å². The molecule has 0 unspecified atom stereocenters. The van der Waals surface area contributed by atoms with E-state index in [-0.39, 0.29) is 12.5 Å². The highest BCUT2D eigenvalue weighted by molar-refractivity contribution is 9.10. The van der Waals surface area contributed by atoms with Gasteiger partial charge in [-0.15, -0.1) is 0 Å². The molecular weight excluding hydrogens is 390 g/mol. The molecular formula is C18H20BrNO3S. The second kappa shape index (κ2) is 6.59. The molecule has 0 aliphatic heterocycles. The van der Waals surface area contributed by atoms with Crippen molar-refractivity contribution in [1.29, 1.82) is 0 Å². The summed E-state index contributed by atoms with van der Waals surface area (Å²) in [5.74, 6) is -0.166. The first-order valence-electron chi connectivity index (χ1n) is 7.71. The van der Waals surface area contributed by atoms with Gasteiger partial charge in [0.2, 0.25) is 0 Å². The molecule has 128 valence electrons. The van der Waals surface area contributed by atoms with Crippen LogP contribution in [0.2, 0.25) is 0 Å². The molecule has 3 rings (SSSR count). The third kappa shape index (κ3) is 2.81. The Morgan fingerprint density at radius 3 is 2.29 bits per heavy atom. The van der Waals surface area contributed by atoms with Crippen LogP contribution in [0.25, 0.3) is 0 Å². The van der Waals surface area contributed by atoms with Gasteiger partial charge in [0, 0.05) is 29.5 Å². The van der Waals surface area contributed by atoms with Crippen LogP contribution in [-0.4, -0.2) is 33.9 Å². The van der Waals surface area contributed by atoms with Crippen molar-refractivity contribution in [3.63, 3.8) is 0 Å². The highest BCUT2D eigenvalue weighted by Gasteiger charge is 2.70. The fraction of sp³-hybridized carbons (Fsp3) is 0.333. The van der Waals surface area contributed by atoms with E-state index in [0.717, 1.165) is 10.0 Å². The van der Waals surface area contributed by atoms with E-state index in [1.54, 1.807) is 31.4 Å². The van der Waals surface area contributed by atoms with Gasteiger partial charge in [0.25, 0.3) is 0 Å². The van der Waals surface area contributed by atoms with Gasteiger partial charge in [-0.2, -0.15) is 0 Å². The van der Waals surface area contributed by atoms with Crippen LogP contribution < -0.4 is 5.73 Å². The van der Waals surface area contributed by atoms with E-state index < -0.39 is 20.5 Å². The minimum Gasteiger partial charge on any atom is -0.384 e. The van der Waals surface area contributed by atoms with Crippen LogP contribution in [0.3, 0.4) is 0 Å². The summed E-state index contributed by atoms with van der Waals surface area (Å²) in [5, 5.41) is -0.571. The molecule has 0 heterocycles. The normalized spacial score (nSPS) is 26.3. The monoisotopic (exact) mass is 409 g/mol. The van der Waals surface area contributed by atoms with Crippen molar-refractivity contribution in [3.05, 3.63) is 64.6 Å². The van der Waals surface area contributed by atoms with Gasteiger partial charge >= 0.3 is 0 Å². The zero-order chi connectivity index (χ0) is 17.4. The van der Waals surface area contributed by atoms with Gasteiger partial charge in [0.05, 0.1) is 16.8 Å². The molecule has 2 aromatic carbocycles. The maximum absolute atomic E-state index is 13.2. The third-order valence-electron chi connectivity index (χ3n) is 4.81. The number of methoxy groups -OCH3 is 1. The van der Waals surface area contributed by atoms with E-state index >= 15 is 0 Å². The zero-order valence-electron chi connectivity index (χ0n) is 13.4. The highest BCUT2D eigenvalue weighted by atomic mass is 79.9. The van der Waals surface area contributed by atoms with Gasteiger partial charge in [-0.25, -0.2) is 8.42 Å². The van der Waals surface area contributed by atoms with Gasteiger partial charge in [-0.1, -0.05) is 46.3 Å². The van der Waals surface area contributed by atoms with Crippen molar-refractivity contribution in [2.75, 3.05) is 20.3 Å². The minimum absolute atomic E-state index is 0.166. The van der Waals surface area contributed by atoms with Crippen molar-refractivity contribution < 1.29 is 13.2 Å². The lowest BCUT2D eigenvalue weighted by molar-refractivity contribution is 0.142. The van der Waals surface area contributed by atoms with E-state index in [0.29, 0.717) is 11.5 Å². The predicted molar refractivity (Wildman–Crippen MR) is 97.7 cm³/mol. The van der Waals surface area contributed by atoms with Crippen molar-refractivity contribution >= 4 is 25.8 Å². The maximum atomic E-state index is 13.2. The Morgan fingerprint density at radius 1 is 1.12 bits per heavy atom. The third-order valence-corrected chi connectivity index (χ3v) is 7.68. The summed E-state index contributed by atoms with van der Waals surface area (Å²) in [7, 11) is -1.90. The molecule has 6 heteroatoms. The van der Waals surface area contributed by atoms with E-state index in [1.165, 1.54) is 0 Å². The Morgan fingerprint density at radius 2 is 1.75 bits per heavy atom. The first-order valence-corrected chi connectivity index (χ1v) is 10.0. The molecule has 24 heavy (non-hydrogen) atoms. The summed E-state index contributed by atoms with van der Waals surface area (Å²) in [6.45, 7) is 0.583. The summed E-state index contributed by atoms with van der Waals surface area (Å²) in [4.78, 5) is 0.337. The predicted octanol–water partition coefficient (Wildman–Crippen LogP) is 2.98. The largest absolute Gasteiger partial charge is 0.384 e. The van der Waals surface area contributed by atoms with Gasteiger partial charge in [0.1, 0.15) is 0 Å². The summed E-state index contributed by atoms with van der Waals surface area (Å²) < 4.78 is 32.6. The van der Waals surface area contributed by atoms with Crippen LogP contribution in [0.15, 0.2) is 64.0 Å². The Labute approximate surface area is 151 Å². The fourth-order valence-corrected chi connectivity index (χ4v) is 6.35. The molecule has 0 amide bonds. The first-order chi connectivity index (χ1) is 11.5. The standard InChI is InChI=1S/C18H20BrNO3S/c1-23-12-18(11-20)16(13-7-9-14(19)10-8-13)17(18)24(21,22)15-5-3-2-4-6-15/h2-10,16-17H,11-12,20H2,1H3/t16-,17+,18-/m1/s1. The van der Waals surface area contributed by atoms with Crippen molar-refractivity contribution in [2.24, 2.45) is 11.1 Å². The summed E-state index contributed by atoms with van der Waals surface area (Å²) >= 11 is 3.42. The number of sulfone groups is 1. The minimum atomic E-state index is -3.49. The second-order valence-electron chi connectivity index (χ2n) is 6.18. The molecule has 0 aromatic heterocycles. The molecule has 4 nitrogen and oxygen atoms in total. The number of benzene rings is 2. The van der Waals surface area contributed by atoms with Crippen LogP contribution in [0.4, 0.5) is 0 Å². The number of rotatable bonds is 6. The molecule has 0 spiro atoms. The zero-order valence-corrected chi connectivity index (χ0v) is 15.8. The Kier molecular flexibility index (Phi) is 4.84. The average molecular weight is 410 g/mol. The van der Waals surface area contributed by atoms with Crippen molar-refractivity contribution in [3.8, 4) is 0 Å². The number of nitrogens with two attached hydrogens (primary N) is 1. The SMILES string of the molecule is COC[C@]1(CN)[C@H](c2ccc(Br)cc2)[C@@H]1S(=O)(=O)c1ccccc1. The van der Waals surface area contributed by atoms with Crippen LogP contribution in [0.5, 0.6) is 0 Å². The molecule has 1 aliphatic rings. The Hall–Kier alpha value is -1.21. The molecule has 1 saturated carbocycles. The van der Waals surface area contributed by atoms with E-state index in [2.05, 4.69) is 15.9 Å². The molecule has 2 aromatic rings. The molecule has 1 fully saturated rings. The first kappa shape index (κ1) is 17.6. The highest BCUT2D eigenvalue weighted by Crippen LogP contribution is 2.63. The quantitative estimate of drug-likeness (QED) is 0.795. The lowest BCUT2D eigenvalue weighted by Gasteiger charge is -2.15. The average Bonchev–Trinajstić information content (AvgIpc) is 3.26. The number of hydrogen-bond acceptors (Lipinski definition) is 4. The molecule has 0 bridgehead atoms. The summed E-state index contributed by atoms with van der Waals surface area (Å²) in [6.07, 6.45) is 0. The lowest BCUT2D eigenvalue weighted by atomic mass is 10.0. The fourth-order valence-electron chi connectivity index (χ4n) is 3.62. The number of halogens is 1. The smallest absolute Gasteiger partial charge is 0.182 e. The molecule has 0 radical (unpaired) electrons. The molecule has 3 atom stereocenters. The lowest BCUT2D eigenvalue weighted by Crippen LogP contribution is -2.28. The van der Waals surface area contributed by atoms with Crippen LogP contribution in [-0.2, 0) is 14.6 Å². The summed E-state index contributed by atoms with van der Waals surface area (Å²) in [6, 6.07) is 16.3. The number of hydrogen-bond donors (Lipinski definition) is 1. The molecule has 1 aliphatic carbocycles. The second-order valence-corrected chi connectivity index (χ2v) is 9.16. The Bertz CT molecular complexity index is 808. The van der Waals surface area contributed by atoms with Gasteiger partial charge < -0.3 is 10.5 Å². The van der Waals surface area contributed by atoms with Crippen molar-refractivity contribution in [1.82, 2.24) is 0 Å². The van der Waals surface area contributed by atoms with Crippen LogP contribution in [0, 0.1) is 5.41 Å². The van der Waals surface area contributed by atoms with Crippen LogP contribution in [0.1, 0.15) is 11.5 Å². The molecule has 0 saturated heterocycles. The van der Waals surface area contributed by atoms with Gasteiger partial charge in [0.15, 0.2) is 9.84 Å². The van der Waals surface area contributed by atoms with E-state index in [1.807, 2.05) is 30.3 Å². The number of ether oxygens (including phenoxy) is 1. The maximum Gasteiger partial charge on any atom is 0.182 e. The van der Waals surface area contributed by atoms with E-state index in [4.69, 9.17) is 10.5 Å². The Balaban J connectivity index is 2.05.